The van der Waals surface area contributed by atoms with E-state index < -0.39 is 9.84 Å². The molecule has 0 radical (unpaired) electrons. The Morgan fingerprint density at radius 3 is 2.74 bits per heavy atom. The van der Waals surface area contributed by atoms with Crippen molar-refractivity contribution >= 4 is 31.3 Å². The van der Waals surface area contributed by atoms with Gasteiger partial charge in [-0.2, -0.15) is 0 Å². The van der Waals surface area contributed by atoms with E-state index in [-0.39, 0.29) is 17.5 Å². The van der Waals surface area contributed by atoms with E-state index in [9.17, 15) is 8.42 Å². The first-order valence-electron chi connectivity index (χ1n) is 6.46. The summed E-state index contributed by atoms with van der Waals surface area (Å²) in [5.74, 6) is 0.452. The van der Waals surface area contributed by atoms with Crippen molar-refractivity contribution in [3.05, 3.63) is 35.2 Å². The first-order chi connectivity index (χ1) is 9.02. The Bertz CT molecular complexity index is 613. The minimum atomic E-state index is -2.87. The zero-order chi connectivity index (χ0) is 13.9. The van der Waals surface area contributed by atoms with Gasteiger partial charge >= 0.3 is 0 Å². The van der Waals surface area contributed by atoms with Crippen molar-refractivity contribution in [2.75, 3.05) is 11.5 Å². The molecule has 0 amide bonds. The molecule has 3 nitrogen and oxygen atoms in total. The average molecular weight is 297 g/mol. The molecule has 0 saturated carbocycles. The molecule has 1 aromatic carbocycles. The zero-order valence-corrected chi connectivity index (χ0v) is 12.6. The second-order valence-corrected chi connectivity index (χ2v) is 8.26. The molecule has 1 atom stereocenters. The van der Waals surface area contributed by atoms with Gasteiger partial charge in [-0.1, -0.05) is 25.1 Å². The van der Waals surface area contributed by atoms with Crippen LogP contribution < -0.4 is 5.73 Å². The first kappa shape index (κ1) is 14.5. The molecule has 2 N–H and O–H groups in total. The van der Waals surface area contributed by atoms with Crippen LogP contribution in [0.5, 0.6) is 0 Å². The number of benzene rings is 1. The number of sulfone groups is 1. The molecule has 0 fully saturated rings. The highest BCUT2D eigenvalue weighted by Gasteiger charge is 2.12. The van der Waals surface area contributed by atoms with Crippen LogP contribution in [0.2, 0.25) is 0 Å². The summed E-state index contributed by atoms with van der Waals surface area (Å²) in [7, 11) is -2.87. The third kappa shape index (κ3) is 3.78. The van der Waals surface area contributed by atoms with Crippen molar-refractivity contribution in [3.63, 3.8) is 0 Å². The Labute approximate surface area is 118 Å². The molecule has 0 saturated heterocycles. The van der Waals surface area contributed by atoms with Gasteiger partial charge < -0.3 is 5.73 Å². The van der Waals surface area contributed by atoms with Crippen molar-refractivity contribution in [2.24, 2.45) is 5.73 Å². The molecule has 1 aromatic heterocycles. The normalized spacial score (nSPS) is 13.8. The van der Waals surface area contributed by atoms with Crippen LogP contribution in [0, 0.1) is 0 Å². The smallest absolute Gasteiger partial charge is 0.150 e. The second-order valence-electron chi connectivity index (χ2n) is 4.67. The van der Waals surface area contributed by atoms with Crippen LogP contribution in [0.1, 0.15) is 30.7 Å². The van der Waals surface area contributed by atoms with Crippen molar-refractivity contribution in [3.8, 4) is 0 Å². The van der Waals surface area contributed by atoms with Gasteiger partial charge in [-0.25, -0.2) is 8.42 Å². The van der Waals surface area contributed by atoms with Crippen LogP contribution in [0.4, 0.5) is 0 Å². The van der Waals surface area contributed by atoms with Gasteiger partial charge in [-0.05, 0) is 30.4 Å². The van der Waals surface area contributed by atoms with Crippen molar-refractivity contribution < 1.29 is 8.42 Å². The number of nitrogens with two attached hydrogens (primary N) is 1. The van der Waals surface area contributed by atoms with Crippen LogP contribution in [-0.4, -0.2) is 19.9 Å². The molecule has 19 heavy (non-hydrogen) atoms. The lowest BCUT2D eigenvalue weighted by Crippen LogP contribution is -2.13. The summed E-state index contributed by atoms with van der Waals surface area (Å²) >= 11 is 1.69. The minimum absolute atomic E-state index is 0.0653. The Hall–Kier alpha value is -0.910. The highest BCUT2D eigenvalue weighted by molar-refractivity contribution is 7.91. The van der Waals surface area contributed by atoms with E-state index in [4.69, 9.17) is 5.73 Å². The zero-order valence-electron chi connectivity index (χ0n) is 11.0. The van der Waals surface area contributed by atoms with Crippen LogP contribution in [0.3, 0.4) is 0 Å². The molecule has 0 aliphatic carbocycles. The monoisotopic (exact) mass is 297 g/mol. The lowest BCUT2D eigenvalue weighted by molar-refractivity contribution is 0.585. The summed E-state index contributed by atoms with van der Waals surface area (Å²) in [6.07, 6.45) is 1.34. The summed E-state index contributed by atoms with van der Waals surface area (Å²) in [6.45, 7) is 1.68. The number of rotatable bonds is 6. The molecule has 0 spiro atoms. The topological polar surface area (TPSA) is 60.2 Å². The summed E-state index contributed by atoms with van der Waals surface area (Å²) in [6, 6.07) is 10.2. The summed E-state index contributed by atoms with van der Waals surface area (Å²) < 4.78 is 24.1. The van der Waals surface area contributed by atoms with Crippen LogP contribution >= 0.6 is 11.3 Å². The SMILES string of the molecule is CCS(=O)(=O)CCCC(N)c1cc2ccccc2s1. The Morgan fingerprint density at radius 1 is 1.32 bits per heavy atom. The number of hydrogen-bond acceptors (Lipinski definition) is 4. The molecule has 0 aliphatic rings. The minimum Gasteiger partial charge on any atom is -0.323 e. The Kier molecular flexibility index (Phi) is 4.60. The van der Waals surface area contributed by atoms with Gasteiger partial charge in [-0.3, -0.25) is 0 Å². The van der Waals surface area contributed by atoms with Gasteiger partial charge in [-0.15, -0.1) is 11.3 Å². The maximum absolute atomic E-state index is 11.4. The molecule has 0 aliphatic heterocycles. The van der Waals surface area contributed by atoms with Crippen molar-refractivity contribution in [2.45, 2.75) is 25.8 Å². The van der Waals surface area contributed by atoms with Crippen molar-refractivity contribution in [1.29, 1.82) is 0 Å². The molecule has 2 rings (SSSR count). The van der Waals surface area contributed by atoms with Gasteiger partial charge in [0, 0.05) is 21.4 Å². The van der Waals surface area contributed by atoms with Gasteiger partial charge in [0.15, 0.2) is 0 Å². The first-order valence-corrected chi connectivity index (χ1v) is 9.10. The molecule has 2 aromatic rings. The van der Waals surface area contributed by atoms with Gasteiger partial charge in [0.25, 0.3) is 0 Å². The fourth-order valence-corrected chi connectivity index (χ4v) is 3.99. The molecular formula is C14H19NO2S2. The van der Waals surface area contributed by atoms with E-state index >= 15 is 0 Å². The summed E-state index contributed by atoms with van der Waals surface area (Å²) in [5.41, 5.74) is 6.15. The average Bonchev–Trinajstić information content (AvgIpc) is 2.82. The quantitative estimate of drug-likeness (QED) is 0.891. The standard InChI is InChI=1S/C14H19NO2S2/c1-2-19(16,17)9-5-7-12(15)14-10-11-6-3-4-8-13(11)18-14/h3-4,6,8,10,12H,2,5,7,9,15H2,1H3. The van der Waals surface area contributed by atoms with E-state index in [0.717, 1.165) is 4.88 Å². The van der Waals surface area contributed by atoms with E-state index in [1.807, 2.05) is 12.1 Å². The van der Waals surface area contributed by atoms with E-state index in [1.165, 1.54) is 10.1 Å². The number of thiophene rings is 1. The summed E-state index contributed by atoms with van der Waals surface area (Å²) in [5, 5.41) is 1.21. The fraction of sp³-hybridized carbons (Fsp3) is 0.429. The highest BCUT2D eigenvalue weighted by Crippen LogP contribution is 2.30. The van der Waals surface area contributed by atoms with Gasteiger partial charge in [0.05, 0.1) is 5.75 Å². The van der Waals surface area contributed by atoms with Gasteiger partial charge in [0.2, 0.25) is 0 Å². The van der Waals surface area contributed by atoms with E-state index in [1.54, 1.807) is 18.3 Å². The summed E-state index contributed by atoms with van der Waals surface area (Å²) in [4.78, 5) is 1.13. The lowest BCUT2D eigenvalue weighted by atomic mass is 10.1. The predicted molar refractivity (Wildman–Crippen MR) is 82.3 cm³/mol. The largest absolute Gasteiger partial charge is 0.323 e. The Morgan fingerprint density at radius 2 is 2.05 bits per heavy atom. The van der Waals surface area contributed by atoms with Crippen LogP contribution in [0.25, 0.3) is 10.1 Å². The molecule has 1 unspecified atom stereocenters. The maximum Gasteiger partial charge on any atom is 0.150 e. The molecule has 5 heteroatoms. The molecular weight excluding hydrogens is 278 g/mol. The van der Waals surface area contributed by atoms with Gasteiger partial charge in [0.1, 0.15) is 9.84 Å². The van der Waals surface area contributed by atoms with Crippen molar-refractivity contribution in [1.82, 2.24) is 0 Å². The maximum atomic E-state index is 11.4. The molecule has 104 valence electrons. The number of hydrogen-bond donors (Lipinski definition) is 1. The van der Waals surface area contributed by atoms with E-state index in [0.29, 0.717) is 12.8 Å². The number of fused-ring (bicyclic) bond motifs is 1. The fourth-order valence-electron chi connectivity index (χ4n) is 1.99. The molecule has 1 heterocycles. The van der Waals surface area contributed by atoms with E-state index in [2.05, 4.69) is 18.2 Å². The lowest BCUT2D eigenvalue weighted by Gasteiger charge is -2.08. The Balaban J connectivity index is 1.98. The third-order valence-electron chi connectivity index (χ3n) is 3.22. The third-order valence-corrected chi connectivity index (χ3v) is 6.26. The molecule has 0 bridgehead atoms. The van der Waals surface area contributed by atoms with Crippen LogP contribution in [-0.2, 0) is 9.84 Å². The highest BCUT2D eigenvalue weighted by atomic mass is 32.2. The second kappa shape index (κ2) is 6.03. The predicted octanol–water partition coefficient (Wildman–Crippen LogP) is 3.12. The van der Waals surface area contributed by atoms with Crippen LogP contribution in [0.15, 0.2) is 30.3 Å².